The van der Waals surface area contributed by atoms with Crippen LogP contribution in [0.25, 0.3) is 22.6 Å². The lowest BCUT2D eigenvalue weighted by atomic mass is 9.96. The average molecular weight is 291 g/mol. The summed E-state index contributed by atoms with van der Waals surface area (Å²) in [7, 11) is 4.24. The average Bonchev–Trinajstić information content (AvgIpc) is 2.86. The molecule has 0 N–H and O–H groups in total. The number of hydrogen-bond acceptors (Lipinski definition) is 0. The van der Waals surface area contributed by atoms with Crippen molar-refractivity contribution >= 4 is 0 Å². The molecule has 0 aliphatic rings. The van der Waals surface area contributed by atoms with Gasteiger partial charge in [-0.3, -0.25) is 0 Å². The van der Waals surface area contributed by atoms with E-state index < -0.39 is 0 Å². The molecule has 0 aliphatic carbocycles. The number of aryl methyl sites for hydroxylation is 4. The van der Waals surface area contributed by atoms with Crippen LogP contribution in [-0.2, 0) is 14.1 Å². The van der Waals surface area contributed by atoms with Crippen molar-refractivity contribution in [2.24, 2.45) is 14.1 Å². The van der Waals surface area contributed by atoms with Crippen molar-refractivity contribution in [2.45, 2.75) is 20.8 Å². The zero-order valence-electron chi connectivity index (χ0n) is 14.0. The lowest BCUT2D eigenvalue weighted by molar-refractivity contribution is -0.649. The first kappa shape index (κ1) is 14.6. The molecule has 2 heteroatoms. The van der Waals surface area contributed by atoms with Crippen molar-refractivity contribution in [1.29, 1.82) is 0 Å². The minimum Gasteiger partial charge on any atom is -0.346 e. The Hall–Kier alpha value is -2.35. The van der Waals surface area contributed by atoms with Crippen LogP contribution >= 0.6 is 0 Å². The predicted octanol–water partition coefficient (Wildman–Crippen LogP) is 4.11. The van der Waals surface area contributed by atoms with Crippen LogP contribution in [0, 0.1) is 20.8 Å². The highest BCUT2D eigenvalue weighted by Crippen LogP contribution is 2.27. The molecule has 0 saturated heterocycles. The predicted molar refractivity (Wildman–Crippen MR) is 91.7 cm³/mol. The van der Waals surface area contributed by atoms with Gasteiger partial charge in [-0.05, 0) is 50.1 Å². The van der Waals surface area contributed by atoms with Crippen LogP contribution in [0.2, 0.25) is 0 Å². The van der Waals surface area contributed by atoms with Crippen molar-refractivity contribution < 1.29 is 4.57 Å². The molecule has 2 heterocycles. The fourth-order valence-corrected chi connectivity index (χ4v) is 3.40. The summed E-state index contributed by atoms with van der Waals surface area (Å²) >= 11 is 0. The zero-order valence-corrected chi connectivity index (χ0v) is 14.0. The third-order valence-electron chi connectivity index (χ3n) is 4.37. The van der Waals surface area contributed by atoms with E-state index in [-0.39, 0.29) is 0 Å². The molecule has 2 nitrogen and oxygen atoms in total. The molecule has 3 rings (SSSR count). The molecule has 0 radical (unpaired) electrons. The van der Waals surface area contributed by atoms with Gasteiger partial charge in [-0.1, -0.05) is 17.7 Å². The number of nitrogens with zero attached hydrogens (tertiary/aromatic N) is 2. The van der Waals surface area contributed by atoms with E-state index in [4.69, 9.17) is 0 Å². The quantitative estimate of drug-likeness (QED) is 0.628. The number of hydrogen-bond donors (Lipinski definition) is 0. The van der Waals surface area contributed by atoms with E-state index in [2.05, 4.69) is 92.7 Å². The fourth-order valence-electron chi connectivity index (χ4n) is 3.40. The maximum Gasteiger partial charge on any atom is 0.229 e. The second-order valence-electron chi connectivity index (χ2n) is 6.13. The summed E-state index contributed by atoms with van der Waals surface area (Å²) in [4.78, 5) is 0. The highest BCUT2D eigenvalue weighted by Gasteiger charge is 2.20. The van der Waals surface area contributed by atoms with Crippen LogP contribution in [0.1, 0.15) is 16.7 Å². The number of benzene rings is 1. The van der Waals surface area contributed by atoms with E-state index >= 15 is 0 Å². The van der Waals surface area contributed by atoms with Gasteiger partial charge in [-0.15, -0.1) is 0 Å². The van der Waals surface area contributed by atoms with Crippen molar-refractivity contribution in [1.82, 2.24) is 4.57 Å². The van der Waals surface area contributed by atoms with Crippen molar-refractivity contribution in [3.05, 3.63) is 65.4 Å². The summed E-state index contributed by atoms with van der Waals surface area (Å²) in [6.45, 7) is 6.55. The van der Waals surface area contributed by atoms with Gasteiger partial charge in [-0.2, -0.15) is 4.57 Å². The topological polar surface area (TPSA) is 8.81 Å². The first-order chi connectivity index (χ1) is 10.5. The molecule has 0 amide bonds. The Morgan fingerprint density at radius 2 is 1.50 bits per heavy atom. The number of rotatable bonds is 2. The van der Waals surface area contributed by atoms with E-state index in [1.54, 1.807) is 0 Å². The summed E-state index contributed by atoms with van der Waals surface area (Å²) in [6.07, 6.45) is 2.09. The molecule has 0 atom stereocenters. The fraction of sp³-hybridized carbons (Fsp3) is 0.250. The largest absolute Gasteiger partial charge is 0.346 e. The van der Waals surface area contributed by atoms with Crippen LogP contribution in [0.4, 0.5) is 0 Å². The summed E-state index contributed by atoms with van der Waals surface area (Å²) in [5.74, 6) is 0. The molecule has 22 heavy (non-hydrogen) atoms. The Morgan fingerprint density at radius 1 is 0.864 bits per heavy atom. The molecular weight excluding hydrogens is 268 g/mol. The summed E-state index contributed by atoms with van der Waals surface area (Å²) in [5.41, 5.74) is 9.03. The van der Waals surface area contributed by atoms with Crippen LogP contribution in [0.5, 0.6) is 0 Å². The minimum absolute atomic E-state index is 1.23. The maximum atomic E-state index is 2.29. The lowest BCUT2D eigenvalue weighted by Gasteiger charge is -2.11. The van der Waals surface area contributed by atoms with Crippen LogP contribution in [0.15, 0.2) is 48.7 Å². The van der Waals surface area contributed by atoms with E-state index in [0.29, 0.717) is 0 Å². The lowest BCUT2D eigenvalue weighted by Crippen LogP contribution is -2.34. The van der Waals surface area contributed by atoms with Crippen LogP contribution in [-0.4, -0.2) is 4.57 Å². The second-order valence-corrected chi connectivity index (χ2v) is 6.13. The van der Waals surface area contributed by atoms with Gasteiger partial charge < -0.3 is 4.57 Å². The molecule has 0 aliphatic heterocycles. The highest BCUT2D eigenvalue weighted by atomic mass is 15.0. The Labute approximate surface area is 132 Å². The van der Waals surface area contributed by atoms with Gasteiger partial charge in [0.05, 0.1) is 5.56 Å². The molecule has 1 aromatic carbocycles. The molecule has 3 aromatic rings. The zero-order chi connectivity index (χ0) is 15.9. The molecule has 0 bridgehead atoms. The van der Waals surface area contributed by atoms with Crippen molar-refractivity contribution in [2.75, 3.05) is 0 Å². The normalized spacial score (nSPS) is 11.0. The first-order valence-electron chi connectivity index (χ1n) is 7.68. The second kappa shape index (κ2) is 5.45. The van der Waals surface area contributed by atoms with Gasteiger partial charge in [0.1, 0.15) is 12.7 Å². The molecule has 0 fully saturated rings. The van der Waals surface area contributed by atoms with Gasteiger partial charge >= 0.3 is 0 Å². The summed E-state index contributed by atoms with van der Waals surface area (Å²) in [5, 5.41) is 0. The number of aromatic nitrogens is 2. The summed E-state index contributed by atoms with van der Waals surface area (Å²) < 4.78 is 4.45. The SMILES string of the molecule is Cc1cc(C)c(-c2cccc(-c3cccn3C)[n+]2C)c(C)c1. The van der Waals surface area contributed by atoms with Gasteiger partial charge in [0.2, 0.25) is 11.4 Å². The molecule has 0 spiro atoms. The standard InChI is InChI=1S/C20H23N2/c1-14-12-15(2)20(16(3)13-14)19-9-6-8-18(22(19)5)17-10-7-11-21(17)4/h6-13H,1-5H3/q+1. The van der Waals surface area contributed by atoms with E-state index in [1.807, 2.05) is 0 Å². The summed E-state index contributed by atoms with van der Waals surface area (Å²) in [6, 6.07) is 15.3. The monoisotopic (exact) mass is 291 g/mol. The highest BCUT2D eigenvalue weighted by molar-refractivity contribution is 5.67. The third-order valence-corrected chi connectivity index (χ3v) is 4.37. The minimum atomic E-state index is 1.23. The Balaban J connectivity index is 2.25. The Bertz CT molecular complexity index is 818. The number of pyridine rings is 1. The molecule has 112 valence electrons. The van der Waals surface area contributed by atoms with E-state index in [9.17, 15) is 0 Å². The Kier molecular flexibility index (Phi) is 3.61. The van der Waals surface area contributed by atoms with Gasteiger partial charge in [0, 0.05) is 25.4 Å². The first-order valence-corrected chi connectivity index (χ1v) is 7.68. The maximum absolute atomic E-state index is 2.29. The smallest absolute Gasteiger partial charge is 0.229 e. The van der Waals surface area contributed by atoms with E-state index in [0.717, 1.165) is 0 Å². The molecule has 0 unspecified atom stereocenters. The van der Waals surface area contributed by atoms with Crippen LogP contribution < -0.4 is 4.57 Å². The molecule has 0 saturated carbocycles. The van der Waals surface area contributed by atoms with Crippen molar-refractivity contribution in [3.63, 3.8) is 0 Å². The van der Waals surface area contributed by atoms with Crippen LogP contribution in [0.3, 0.4) is 0 Å². The van der Waals surface area contributed by atoms with Gasteiger partial charge in [0.25, 0.3) is 0 Å². The third kappa shape index (κ3) is 2.35. The van der Waals surface area contributed by atoms with Gasteiger partial charge in [0.15, 0.2) is 0 Å². The van der Waals surface area contributed by atoms with E-state index in [1.165, 1.54) is 39.3 Å². The van der Waals surface area contributed by atoms with Crippen molar-refractivity contribution in [3.8, 4) is 22.6 Å². The molecular formula is C20H23N2+. The molecule has 2 aromatic heterocycles. The Morgan fingerprint density at radius 3 is 2.09 bits per heavy atom. The van der Waals surface area contributed by atoms with Gasteiger partial charge in [-0.25, -0.2) is 0 Å².